The maximum atomic E-state index is 7.42. The van der Waals surface area contributed by atoms with Crippen LogP contribution in [0.5, 0.6) is 0 Å². The van der Waals surface area contributed by atoms with Crippen LogP contribution in [-0.2, 0) is 0 Å². The topological polar surface area (TPSA) is 122 Å². The summed E-state index contributed by atoms with van der Waals surface area (Å²) in [5, 5.41) is 6.02. The Morgan fingerprint density at radius 3 is 1.63 bits per heavy atom. The van der Waals surface area contributed by atoms with E-state index in [0.717, 1.165) is 78.2 Å². The predicted molar refractivity (Wildman–Crippen MR) is 315 cm³/mol. The lowest BCUT2D eigenvalue weighted by atomic mass is 9.87. The number of nitrogens with one attached hydrogen (secondary N) is 4. The molecule has 5 aliphatic rings. The van der Waals surface area contributed by atoms with Crippen molar-refractivity contribution < 1.29 is 0 Å². The van der Waals surface area contributed by atoms with Gasteiger partial charge in [-0.2, -0.15) is 0 Å². The second-order valence-corrected chi connectivity index (χ2v) is 20.8. The van der Waals surface area contributed by atoms with E-state index >= 15 is 0 Å². The third kappa shape index (κ3) is 9.00. The van der Waals surface area contributed by atoms with Crippen molar-refractivity contribution in [1.29, 1.82) is 0 Å². The van der Waals surface area contributed by atoms with Crippen LogP contribution in [0.3, 0.4) is 0 Å². The molecule has 7 aromatic rings. The molecule has 374 valence electrons. The minimum Gasteiger partial charge on any atom is -0.398 e. The zero-order valence-corrected chi connectivity index (χ0v) is 43.9. The lowest BCUT2D eigenvalue weighted by Gasteiger charge is -2.22. The molecule has 5 atom stereocenters. The highest BCUT2D eigenvalue weighted by atomic mass is 15.0. The average molecular weight is 991 g/mol. The van der Waals surface area contributed by atoms with Crippen molar-refractivity contribution in [2.45, 2.75) is 71.5 Å². The number of aliphatic imine (C=N–C) groups is 3. The van der Waals surface area contributed by atoms with Crippen molar-refractivity contribution in [2.24, 2.45) is 20.7 Å². The molecule has 76 heavy (non-hydrogen) atoms. The molecule has 0 radical (unpaired) electrons. The van der Waals surface area contributed by atoms with Crippen molar-refractivity contribution in [3.63, 3.8) is 0 Å². The first kappa shape index (κ1) is 48.0. The van der Waals surface area contributed by atoms with Crippen LogP contribution in [0.1, 0.15) is 90.0 Å². The Morgan fingerprint density at radius 1 is 0.539 bits per heavy atom. The Morgan fingerprint density at radius 2 is 1.09 bits per heavy atom. The van der Waals surface area contributed by atoms with Crippen LogP contribution in [0.15, 0.2) is 220 Å². The minimum atomic E-state index is -0.199. The van der Waals surface area contributed by atoms with Crippen molar-refractivity contribution >= 4 is 40.4 Å². The van der Waals surface area contributed by atoms with Gasteiger partial charge in [-0.1, -0.05) is 114 Å². The average Bonchev–Trinajstić information content (AvgIpc) is 4.25. The largest absolute Gasteiger partial charge is 0.398 e. The van der Waals surface area contributed by atoms with E-state index in [-0.39, 0.29) is 30.0 Å². The van der Waals surface area contributed by atoms with Gasteiger partial charge in [0.1, 0.15) is 0 Å². The van der Waals surface area contributed by atoms with Crippen molar-refractivity contribution in [3.8, 4) is 0 Å². The number of rotatable bonds is 10. The van der Waals surface area contributed by atoms with Gasteiger partial charge in [-0.3, -0.25) is 9.98 Å². The number of nitrogens with two attached hydrogens (primary N) is 1. The Balaban J connectivity index is 1.08. The smallest absolute Gasteiger partial charge is 0.0806 e. The number of aryl methyl sites for hydroxylation is 6. The minimum absolute atomic E-state index is 0.000804. The molecule has 0 saturated heterocycles. The molecule has 6 N–H and O–H groups in total. The molecule has 12 rings (SSSR count). The first-order valence-corrected chi connectivity index (χ1v) is 26.4. The summed E-state index contributed by atoms with van der Waals surface area (Å²) in [6.07, 6.45) is 31.4. The summed E-state index contributed by atoms with van der Waals surface area (Å²) in [6, 6.07) is 39.7. The Labute approximate surface area is 445 Å². The zero-order valence-electron chi connectivity index (χ0n) is 43.9. The highest BCUT2D eigenvalue weighted by Crippen LogP contribution is 2.38. The van der Waals surface area contributed by atoms with Gasteiger partial charge in [-0.05, 0) is 170 Å². The summed E-state index contributed by atoms with van der Waals surface area (Å²) in [7, 11) is 0. The summed E-state index contributed by atoms with van der Waals surface area (Å²) in [5.41, 5.74) is 31.2. The van der Waals surface area contributed by atoms with Crippen LogP contribution >= 0.6 is 0 Å². The van der Waals surface area contributed by atoms with Crippen molar-refractivity contribution in [2.75, 3.05) is 0 Å². The fourth-order valence-electron chi connectivity index (χ4n) is 12.4. The van der Waals surface area contributed by atoms with Gasteiger partial charge in [-0.15, -0.1) is 0 Å². The summed E-state index contributed by atoms with van der Waals surface area (Å²) in [4.78, 5) is 26.2. The molecule has 4 aromatic carbocycles. The van der Waals surface area contributed by atoms with Crippen molar-refractivity contribution in [3.05, 3.63) is 294 Å². The lowest BCUT2D eigenvalue weighted by Crippen LogP contribution is -2.31. The number of benzene rings is 4. The van der Waals surface area contributed by atoms with Crippen LogP contribution in [0.4, 0.5) is 0 Å². The summed E-state index contributed by atoms with van der Waals surface area (Å²) < 4.78 is 0. The van der Waals surface area contributed by atoms with E-state index in [0.29, 0.717) is 5.70 Å². The third-order valence-corrected chi connectivity index (χ3v) is 15.5. The summed E-state index contributed by atoms with van der Waals surface area (Å²) in [6.45, 7) is 13.2. The maximum absolute atomic E-state index is 7.42. The number of aromatic amines is 3. The molecular weight excluding hydrogens is 929 g/mol. The molecule has 5 aliphatic heterocycles. The number of hydrogen-bond donors (Lipinski definition) is 5. The van der Waals surface area contributed by atoms with Crippen LogP contribution in [0.25, 0.3) is 22.3 Å². The Bertz CT molecular complexity index is 3840. The number of hydrogen-bond acceptors (Lipinski definition) is 5. The number of fused-ring (bicyclic) bond motifs is 5. The first-order chi connectivity index (χ1) is 37.1. The van der Waals surface area contributed by atoms with Crippen LogP contribution in [-0.4, -0.2) is 51.2 Å². The Hall–Kier alpha value is -9.01. The molecule has 0 spiro atoms. The van der Waals surface area contributed by atoms with E-state index in [9.17, 15) is 0 Å². The molecule has 0 fully saturated rings. The van der Waals surface area contributed by atoms with Gasteiger partial charge in [-0.25, -0.2) is 4.99 Å². The highest BCUT2D eigenvalue weighted by Gasteiger charge is 2.29. The van der Waals surface area contributed by atoms with Crippen molar-refractivity contribution in [1.82, 2.24) is 20.3 Å². The standard InChI is InChI=1S/C68H62N8/c1-40-36-42(3)62(43(4)37-40)50-12-7-13-51(69)64(46-18-20-47(21-19-46)65(53-14-8-32-70-53)54-15-9-33-71-54)57-28-30-60(75-57)68(63-44(5)38-41(2)39-45(63)6)61-31-29-59(76-61)67(58-27-26-52(50)74-58)49-24-22-48(23-25-49)66(55-16-10-34-72-55)56-17-11-35-73-56/h7-39,53,55,60,65-66,71,73,75-76H,69H2,1-6H3/b12-7+,51-13+,52-50+,64-57-,67-59-,68-61+. The normalized spacial score (nSPS) is 23.9. The van der Waals surface area contributed by atoms with Crippen LogP contribution in [0.2, 0.25) is 0 Å². The third-order valence-electron chi connectivity index (χ3n) is 15.5. The first-order valence-electron chi connectivity index (χ1n) is 26.4. The fraction of sp³-hybridized carbons (Fsp3) is 0.162. The molecule has 8 nitrogen and oxygen atoms in total. The second kappa shape index (κ2) is 20.0. The lowest BCUT2D eigenvalue weighted by molar-refractivity contribution is 0.696. The fourth-order valence-corrected chi connectivity index (χ4v) is 12.4. The molecule has 0 saturated carbocycles. The number of allylic oxidation sites excluding steroid dienone is 10. The highest BCUT2D eigenvalue weighted by molar-refractivity contribution is 6.30. The number of H-pyrrole nitrogens is 3. The predicted octanol–water partition coefficient (Wildman–Crippen LogP) is 12.0. The molecular formula is C68H62N8. The molecule has 5 unspecified atom stereocenters. The molecule has 6 bridgehead atoms. The van der Waals surface area contributed by atoms with E-state index in [1.54, 1.807) is 0 Å². The zero-order chi connectivity index (χ0) is 52.0. The van der Waals surface area contributed by atoms with Gasteiger partial charge in [0.05, 0.1) is 41.4 Å². The van der Waals surface area contributed by atoms with Crippen LogP contribution in [0, 0.1) is 41.5 Å². The van der Waals surface area contributed by atoms with E-state index in [1.807, 2.05) is 43.1 Å². The van der Waals surface area contributed by atoms with Gasteiger partial charge in [0, 0.05) is 80.6 Å². The number of nitrogens with zero attached hydrogens (tertiary/aromatic N) is 3. The Kier molecular flexibility index (Phi) is 12.6. The monoisotopic (exact) mass is 991 g/mol. The quantitative estimate of drug-likeness (QED) is 0.0937. The van der Waals surface area contributed by atoms with Gasteiger partial charge in [0.2, 0.25) is 0 Å². The van der Waals surface area contributed by atoms with Gasteiger partial charge < -0.3 is 26.0 Å². The van der Waals surface area contributed by atoms with E-state index in [2.05, 4.69) is 220 Å². The van der Waals surface area contributed by atoms with Gasteiger partial charge in [0.15, 0.2) is 0 Å². The summed E-state index contributed by atoms with van der Waals surface area (Å²) in [5.74, 6) is 0.0763. The molecule has 0 aliphatic carbocycles. The van der Waals surface area contributed by atoms with Gasteiger partial charge in [0.25, 0.3) is 0 Å². The SMILES string of the molecule is Cc1cc(C)c(/C2=c3\cc/c([nH]3)=C(\c3ccc(C(c4ccc[nH]4)C4C=CC=N4)cc3)C3=N\C(=C(c4c(C)cc(C)cc4C)/C=C/C=C(N)\C(c4ccc(C(c5ccc[nH]5)C5C=CC=N5)cc4)=C4\C=CC2N4)C=C3)c(C)c1. The maximum Gasteiger partial charge on any atom is 0.0806 e. The van der Waals surface area contributed by atoms with E-state index < -0.39 is 0 Å². The molecule has 8 heteroatoms. The summed E-state index contributed by atoms with van der Waals surface area (Å²) >= 11 is 0. The molecule has 0 amide bonds. The van der Waals surface area contributed by atoms with E-state index in [4.69, 9.17) is 20.7 Å². The van der Waals surface area contributed by atoms with Crippen LogP contribution < -0.4 is 21.7 Å². The second-order valence-electron chi connectivity index (χ2n) is 20.8. The molecule has 8 heterocycles. The van der Waals surface area contributed by atoms with E-state index in [1.165, 1.54) is 50.1 Å². The van der Waals surface area contributed by atoms with Gasteiger partial charge >= 0.3 is 0 Å². The molecule has 3 aromatic heterocycles. The number of aromatic nitrogens is 3.